The van der Waals surface area contributed by atoms with Crippen molar-refractivity contribution in [3.8, 4) is 0 Å². The fourth-order valence-electron chi connectivity index (χ4n) is 2.47. The molecule has 1 aliphatic heterocycles. The number of nitro benzene ring substituents is 1. The van der Waals surface area contributed by atoms with Crippen LogP contribution in [-0.4, -0.2) is 35.5 Å². The van der Waals surface area contributed by atoms with E-state index in [1.54, 1.807) is 0 Å². The van der Waals surface area contributed by atoms with E-state index in [4.69, 9.17) is 0 Å². The van der Waals surface area contributed by atoms with Crippen LogP contribution in [0.1, 0.15) is 19.8 Å². The molecule has 1 unspecified atom stereocenters. The van der Waals surface area contributed by atoms with Gasteiger partial charge in [-0.1, -0.05) is 0 Å². The predicted octanol–water partition coefficient (Wildman–Crippen LogP) is 3.39. The summed E-state index contributed by atoms with van der Waals surface area (Å²) in [5, 5.41) is 14.1. The largest absolute Gasteiger partial charge is 0.376 e. The normalized spacial score (nSPS) is 17.1. The summed E-state index contributed by atoms with van der Waals surface area (Å²) in [4.78, 5) is 12.7. The number of rotatable bonds is 5. The molecule has 1 aliphatic rings. The minimum atomic E-state index is -0.630. The zero-order valence-electron chi connectivity index (χ0n) is 11.2. The first kappa shape index (κ1) is 15.2. The van der Waals surface area contributed by atoms with Gasteiger partial charge in [-0.3, -0.25) is 10.1 Å². The third kappa shape index (κ3) is 3.67. The van der Waals surface area contributed by atoms with Crippen molar-refractivity contribution in [2.75, 3.05) is 25.0 Å². The van der Waals surface area contributed by atoms with E-state index in [-0.39, 0.29) is 16.2 Å². The molecule has 1 aromatic rings. The first-order chi connectivity index (χ1) is 9.47. The molecule has 5 nitrogen and oxygen atoms in total. The maximum absolute atomic E-state index is 13.4. The highest BCUT2D eigenvalue weighted by molar-refractivity contribution is 9.10. The Morgan fingerprint density at radius 2 is 2.15 bits per heavy atom. The van der Waals surface area contributed by atoms with Gasteiger partial charge in [0.25, 0.3) is 5.69 Å². The van der Waals surface area contributed by atoms with Crippen molar-refractivity contribution in [1.82, 2.24) is 4.90 Å². The van der Waals surface area contributed by atoms with Crippen molar-refractivity contribution >= 4 is 27.3 Å². The number of hydrogen-bond acceptors (Lipinski definition) is 4. The number of nitrogens with one attached hydrogen (secondary N) is 1. The highest BCUT2D eigenvalue weighted by atomic mass is 79.9. The molecule has 20 heavy (non-hydrogen) atoms. The maximum atomic E-state index is 13.4. The second-order valence-electron chi connectivity index (χ2n) is 5.09. The van der Waals surface area contributed by atoms with Crippen LogP contribution in [0.4, 0.5) is 15.8 Å². The van der Waals surface area contributed by atoms with E-state index in [2.05, 4.69) is 26.1 Å². The molecule has 1 saturated heterocycles. The van der Waals surface area contributed by atoms with Gasteiger partial charge in [-0.25, -0.2) is 4.39 Å². The van der Waals surface area contributed by atoms with Crippen molar-refractivity contribution in [3.05, 3.63) is 32.5 Å². The quantitative estimate of drug-likeness (QED) is 0.656. The lowest BCUT2D eigenvalue weighted by Crippen LogP contribution is -2.33. The van der Waals surface area contributed by atoms with Crippen LogP contribution in [0.5, 0.6) is 0 Å². The van der Waals surface area contributed by atoms with E-state index in [9.17, 15) is 14.5 Å². The van der Waals surface area contributed by atoms with E-state index in [0.29, 0.717) is 5.69 Å². The Morgan fingerprint density at radius 1 is 1.50 bits per heavy atom. The van der Waals surface area contributed by atoms with Gasteiger partial charge < -0.3 is 10.2 Å². The zero-order chi connectivity index (χ0) is 14.7. The van der Waals surface area contributed by atoms with Gasteiger partial charge in [-0.15, -0.1) is 0 Å². The fourth-order valence-corrected chi connectivity index (χ4v) is 2.81. The van der Waals surface area contributed by atoms with Crippen LogP contribution in [0.2, 0.25) is 0 Å². The highest BCUT2D eigenvalue weighted by Crippen LogP contribution is 2.31. The molecule has 1 aromatic carbocycles. The van der Waals surface area contributed by atoms with E-state index in [1.165, 1.54) is 18.9 Å². The molecule has 0 aliphatic carbocycles. The first-order valence-electron chi connectivity index (χ1n) is 6.59. The molecule has 0 saturated carbocycles. The summed E-state index contributed by atoms with van der Waals surface area (Å²) in [6.07, 6.45) is 2.41. The molecule has 1 fully saturated rings. The first-order valence-corrected chi connectivity index (χ1v) is 7.39. The van der Waals surface area contributed by atoms with Crippen LogP contribution in [0.15, 0.2) is 16.6 Å². The molecule has 2 rings (SSSR count). The third-order valence-corrected chi connectivity index (χ3v) is 3.98. The molecular weight excluding hydrogens is 329 g/mol. The van der Waals surface area contributed by atoms with Crippen molar-refractivity contribution in [2.45, 2.75) is 25.8 Å². The van der Waals surface area contributed by atoms with Crippen LogP contribution in [-0.2, 0) is 0 Å². The van der Waals surface area contributed by atoms with Crippen LogP contribution in [0.3, 0.4) is 0 Å². The SMILES string of the molecule is CC(CN1CCCC1)Nc1cc(Br)c(F)cc1[N+](=O)[O-]. The molecule has 0 bridgehead atoms. The summed E-state index contributed by atoms with van der Waals surface area (Å²) < 4.78 is 13.6. The Labute approximate surface area is 125 Å². The zero-order valence-corrected chi connectivity index (χ0v) is 12.8. The van der Waals surface area contributed by atoms with Gasteiger partial charge in [0.2, 0.25) is 0 Å². The maximum Gasteiger partial charge on any atom is 0.295 e. The van der Waals surface area contributed by atoms with Crippen LogP contribution in [0.25, 0.3) is 0 Å². The monoisotopic (exact) mass is 345 g/mol. The molecule has 0 aromatic heterocycles. The number of anilines is 1. The van der Waals surface area contributed by atoms with Crippen molar-refractivity contribution in [2.24, 2.45) is 0 Å². The minimum absolute atomic E-state index is 0.0594. The lowest BCUT2D eigenvalue weighted by molar-refractivity contribution is -0.384. The second-order valence-corrected chi connectivity index (χ2v) is 5.95. The van der Waals surface area contributed by atoms with Gasteiger partial charge in [0, 0.05) is 12.6 Å². The van der Waals surface area contributed by atoms with Gasteiger partial charge in [0.05, 0.1) is 15.5 Å². The van der Waals surface area contributed by atoms with Gasteiger partial charge in [0.1, 0.15) is 11.5 Å². The number of hydrogen-bond donors (Lipinski definition) is 1. The predicted molar refractivity (Wildman–Crippen MR) is 79.5 cm³/mol. The van der Waals surface area contributed by atoms with Crippen molar-refractivity contribution < 1.29 is 9.31 Å². The Kier molecular flexibility index (Phi) is 4.93. The van der Waals surface area contributed by atoms with Gasteiger partial charge >= 0.3 is 0 Å². The fraction of sp³-hybridized carbons (Fsp3) is 0.538. The summed E-state index contributed by atoms with van der Waals surface area (Å²) in [6.45, 7) is 4.94. The van der Waals surface area contributed by atoms with Crippen LogP contribution in [0, 0.1) is 15.9 Å². The summed E-state index contributed by atoms with van der Waals surface area (Å²) in [5.41, 5.74) is 0.106. The Bertz CT molecular complexity index is 507. The Hall–Kier alpha value is -1.21. The smallest absolute Gasteiger partial charge is 0.295 e. The molecule has 0 spiro atoms. The lowest BCUT2D eigenvalue weighted by Gasteiger charge is -2.22. The number of halogens is 2. The van der Waals surface area contributed by atoms with Gasteiger partial charge in [0.15, 0.2) is 0 Å². The Balaban J connectivity index is 2.10. The van der Waals surface area contributed by atoms with Gasteiger partial charge in [-0.2, -0.15) is 0 Å². The number of likely N-dealkylation sites (tertiary alicyclic amines) is 1. The topological polar surface area (TPSA) is 58.4 Å². The van der Waals surface area contributed by atoms with Gasteiger partial charge in [-0.05, 0) is 54.9 Å². The molecule has 110 valence electrons. The van der Waals surface area contributed by atoms with E-state index in [1.807, 2.05) is 6.92 Å². The average molecular weight is 346 g/mol. The van der Waals surface area contributed by atoms with E-state index in [0.717, 1.165) is 25.7 Å². The molecule has 1 N–H and O–H groups in total. The number of benzene rings is 1. The molecule has 1 heterocycles. The van der Waals surface area contributed by atoms with Crippen molar-refractivity contribution in [3.63, 3.8) is 0 Å². The number of nitro groups is 1. The van der Waals surface area contributed by atoms with Crippen LogP contribution < -0.4 is 5.32 Å². The molecule has 7 heteroatoms. The summed E-state index contributed by atoms with van der Waals surface area (Å²) in [5.74, 6) is -0.630. The average Bonchev–Trinajstić information content (AvgIpc) is 2.85. The summed E-state index contributed by atoms with van der Waals surface area (Å²) in [7, 11) is 0. The second kappa shape index (κ2) is 6.49. The van der Waals surface area contributed by atoms with E-state index < -0.39 is 10.7 Å². The van der Waals surface area contributed by atoms with Crippen LogP contribution >= 0.6 is 15.9 Å². The highest BCUT2D eigenvalue weighted by Gasteiger charge is 2.20. The Morgan fingerprint density at radius 3 is 2.75 bits per heavy atom. The van der Waals surface area contributed by atoms with Crippen molar-refractivity contribution in [1.29, 1.82) is 0 Å². The van der Waals surface area contributed by atoms with E-state index >= 15 is 0 Å². The molecule has 0 amide bonds. The summed E-state index contributed by atoms with van der Waals surface area (Å²) in [6, 6.07) is 2.42. The molecule has 1 atom stereocenters. The standard InChI is InChI=1S/C13H17BrFN3O2/c1-9(8-17-4-2-3-5-17)16-12-6-10(14)11(15)7-13(12)18(19)20/h6-7,9,16H,2-5,8H2,1H3. The molecule has 0 radical (unpaired) electrons. The summed E-state index contributed by atoms with van der Waals surface area (Å²) >= 11 is 3.06. The minimum Gasteiger partial charge on any atom is -0.376 e. The third-order valence-electron chi connectivity index (χ3n) is 3.37. The molecular formula is C13H17BrFN3O2. The lowest BCUT2D eigenvalue weighted by atomic mass is 10.2. The number of nitrogens with zero attached hydrogens (tertiary/aromatic N) is 2.